The molecular formula is C15H25N. The van der Waals surface area contributed by atoms with Crippen LogP contribution in [-0.2, 0) is 0 Å². The molecule has 90 valence electrons. The van der Waals surface area contributed by atoms with E-state index in [1.54, 1.807) is 12.2 Å². The largest absolute Gasteiger partial charge is 0.198 e. The van der Waals surface area contributed by atoms with Crippen LogP contribution in [0.15, 0.2) is 37.5 Å². The van der Waals surface area contributed by atoms with Crippen LogP contribution >= 0.6 is 0 Å². The number of rotatable bonds is 4. The molecule has 0 aromatic carbocycles. The predicted molar refractivity (Wildman–Crippen MR) is 73.0 cm³/mol. The smallest absolute Gasteiger partial charge is 0.0658 e. The zero-order valence-corrected chi connectivity index (χ0v) is 10.9. The third kappa shape index (κ3) is 10.8. The Balaban J connectivity index is 0. The standard InChI is InChI=1S/C7H11N.C6H8.C2H6/c1-2-6(5-8)7-3-4-7;1-3-5-6-4-2;1-2/h6-7H,2-4H2,1H3;3-6H,1-2H2;1-2H3/b;6-5-;. The van der Waals surface area contributed by atoms with Crippen LogP contribution < -0.4 is 0 Å². The fourth-order valence-electron chi connectivity index (χ4n) is 1.19. The molecule has 16 heavy (non-hydrogen) atoms. The second-order valence-electron chi connectivity index (χ2n) is 3.34. The molecule has 1 aliphatic rings. The van der Waals surface area contributed by atoms with E-state index in [-0.39, 0.29) is 0 Å². The average Bonchev–Trinajstić information content (AvgIpc) is 3.16. The SMILES string of the molecule is C=C/C=C\C=C.CC.CCC(C#N)C1CC1. The van der Waals surface area contributed by atoms with Crippen LogP contribution in [0, 0.1) is 23.2 Å². The molecule has 1 saturated carbocycles. The second-order valence-corrected chi connectivity index (χ2v) is 3.34. The summed E-state index contributed by atoms with van der Waals surface area (Å²) >= 11 is 0. The Labute approximate surface area is 101 Å². The molecule has 1 rings (SSSR count). The molecular weight excluding hydrogens is 194 g/mol. The third-order valence-electron chi connectivity index (χ3n) is 2.18. The molecule has 0 heterocycles. The van der Waals surface area contributed by atoms with Crippen molar-refractivity contribution in [2.75, 3.05) is 0 Å². The molecule has 1 nitrogen and oxygen atoms in total. The van der Waals surface area contributed by atoms with Gasteiger partial charge in [-0.05, 0) is 25.2 Å². The topological polar surface area (TPSA) is 23.8 Å². The van der Waals surface area contributed by atoms with Crippen molar-refractivity contribution in [3.8, 4) is 6.07 Å². The first kappa shape index (κ1) is 17.1. The highest BCUT2D eigenvalue weighted by molar-refractivity contribution is 5.05. The minimum Gasteiger partial charge on any atom is -0.198 e. The molecule has 0 spiro atoms. The number of allylic oxidation sites excluding steroid dienone is 4. The molecule has 1 fully saturated rings. The van der Waals surface area contributed by atoms with E-state index in [0.29, 0.717) is 5.92 Å². The molecule has 0 radical (unpaired) electrons. The van der Waals surface area contributed by atoms with Gasteiger partial charge in [0.15, 0.2) is 0 Å². The average molecular weight is 219 g/mol. The number of hydrogen-bond acceptors (Lipinski definition) is 1. The van der Waals surface area contributed by atoms with Gasteiger partial charge in [-0.2, -0.15) is 5.26 Å². The van der Waals surface area contributed by atoms with Crippen molar-refractivity contribution in [1.29, 1.82) is 5.26 Å². The highest BCUT2D eigenvalue weighted by Gasteiger charge is 2.29. The fourth-order valence-corrected chi connectivity index (χ4v) is 1.19. The van der Waals surface area contributed by atoms with E-state index < -0.39 is 0 Å². The van der Waals surface area contributed by atoms with Crippen LogP contribution in [0.3, 0.4) is 0 Å². The van der Waals surface area contributed by atoms with Crippen LogP contribution in [0.5, 0.6) is 0 Å². The lowest BCUT2D eigenvalue weighted by Gasteiger charge is -1.98. The van der Waals surface area contributed by atoms with Gasteiger partial charge in [-0.25, -0.2) is 0 Å². The van der Waals surface area contributed by atoms with Crippen molar-refractivity contribution < 1.29 is 0 Å². The lowest BCUT2D eigenvalue weighted by Crippen LogP contribution is -1.95. The quantitative estimate of drug-likeness (QED) is 0.618. The van der Waals surface area contributed by atoms with Gasteiger partial charge in [0.2, 0.25) is 0 Å². The lowest BCUT2D eigenvalue weighted by molar-refractivity contribution is 0.563. The molecule has 1 heteroatoms. The van der Waals surface area contributed by atoms with E-state index in [1.165, 1.54) is 12.8 Å². The minimum atomic E-state index is 0.370. The molecule has 0 aromatic heterocycles. The summed E-state index contributed by atoms with van der Waals surface area (Å²) in [7, 11) is 0. The molecule has 1 unspecified atom stereocenters. The lowest BCUT2D eigenvalue weighted by atomic mass is 10.0. The summed E-state index contributed by atoms with van der Waals surface area (Å²) in [6, 6.07) is 2.31. The van der Waals surface area contributed by atoms with Crippen molar-refractivity contribution in [3.63, 3.8) is 0 Å². The van der Waals surface area contributed by atoms with Gasteiger partial charge in [0.25, 0.3) is 0 Å². The van der Waals surface area contributed by atoms with Gasteiger partial charge in [0, 0.05) is 5.92 Å². The van der Waals surface area contributed by atoms with E-state index in [0.717, 1.165) is 12.3 Å². The van der Waals surface area contributed by atoms with Crippen molar-refractivity contribution in [3.05, 3.63) is 37.5 Å². The van der Waals surface area contributed by atoms with Crippen LogP contribution in [0.4, 0.5) is 0 Å². The van der Waals surface area contributed by atoms with Gasteiger partial charge in [-0.3, -0.25) is 0 Å². The predicted octanol–water partition coefficient (Wildman–Crippen LogP) is 4.89. The first-order chi connectivity index (χ1) is 7.79. The zero-order chi connectivity index (χ0) is 12.8. The van der Waals surface area contributed by atoms with E-state index in [4.69, 9.17) is 5.26 Å². The van der Waals surface area contributed by atoms with Crippen molar-refractivity contribution in [2.24, 2.45) is 11.8 Å². The molecule has 0 bridgehead atoms. The van der Waals surface area contributed by atoms with Crippen molar-refractivity contribution >= 4 is 0 Å². The summed E-state index contributed by atoms with van der Waals surface area (Å²) < 4.78 is 0. The van der Waals surface area contributed by atoms with Crippen LogP contribution in [0.2, 0.25) is 0 Å². The first-order valence-corrected chi connectivity index (χ1v) is 6.09. The maximum Gasteiger partial charge on any atom is 0.0658 e. The Kier molecular flexibility index (Phi) is 14.7. The molecule has 0 aromatic rings. The van der Waals surface area contributed by atoms with Crippen LogP contribution in [-0.4, -0.2) is 0 Å². The molecule has 1 aliphatic carbocycles. The maximum atomic E-state index is 8.49. The zero-order valence-electron chi connectivity index (χ0n) is 10.9. The van der Waals surface area contributed by atoms with Gasteiger partial charge in [-0.1, -0.05) is 58.2 Å². The Morgan fingerprint density at radius 3 is 1.81 bits per heavy atom. The molecule has 1 atom stereocenters. The van der Waals surface area contributed by atoms with Gasteiger partial charge >= 0.3 is 0 Å². The highest BCUT2D eigenvalue weighted by Crippen LogP contribution is 2.37. The fraction of sp³-hybridized carbons (Fsp3) is 0.533. The molecule has 0 amide bonds. The molecule has 0 saturated heterocycles. The van der Waals surface area contributed by atoms with Gasteiger partial charge in [0.05, 0.1) is 6.07 Å². The van der Waals surface area contributed by atoms with Crippen molar-refractivity contribution in [1.82, 2.24) is 0 Å². The number of nitriles is 1. The molecule has 0 aliphatic heterocycles. The van der Waals surface area contributed by atoms with E-state index in [1.807, 2.05) is 26.0 Å². The normalized spacial score (nSPS) is 14.6. The summed E-state index contributed by atoms with van der Waals surface area (Å²) in [6.07, 6.45) is 10.7. The van der Waals surface area contributed by atoms with E-state index in [2.05, 4.69) is 26.2 Å². The number of hydrogen-bond donors (Lipinski definition) is 0. The van der Waals surface area contributed by atoms with Gasteiger partial charge in [0.1, 0.15) is 0 Å². The number of nitrogens with zero attached hydrogens (tertiary/aromatic N) is 1. The minimum absolute atomic E-state index is 0.370. The van der Waals surface area contributed by atoms with Gasteiger partial charge in [-0.15, -0.1) is 0 Å². The van der Waals surface area contributed by atoms with E-state index in [9.17, 15) is 0 Å². The third-order valence-corrected chi connectivity index (χ3v) is 2.18. The Morgan fingerprint density at radius 2 is 1.69 bits per heavy atom. The van der Waals surface area contributed by atoms with Crippen LogP contribution in [0.25, 0.3) is 0 Å². The highest BCUT2D eigenvalue weighted by atomic mass is 14.4. The Morgan fingerprint density at radius 1 is 1.25 bits per heavy atom. The summed E-state index contributed by atoms with van der Waals surface area (Å²) in [6.45, 7) is 13.0. The molecule has 0 N–H and O–H groups in total. The second kappa shape index (κ2) is 13.7. The van der Waals surface area contributed by atoms with Gasteiger partial charge < -0.3 is 0 Å². The summed E-state index contributed by atoms with van der Waals surface area (Å²) in [5.41, 5.74) is 0. The summed E-state index contributed by atoms with van der Waals surface area (Å²) in [4.78, 5) is 0. The summed E-state index contributed by atoms with van der Waals surface area (Å²) in [5.74, 6) is 1.14. The monoisotopic (exact) mass is 219 g/mol. The Bertz CT molecular complexity index is 218. The van der Waals surface area contributed by atoms with Crippen molar-refractivity contribution in [2.45, 2.75) is 40.0 Å². The Hall–Kier alpha value is -1.29. The van der Waals surface area contributed by atoms with E-state index >= 15 is 0 Å². The summed E-state index contributed by atoms with van der Waals surface area (Å²) in [5, 5.41) is 8.49. The maximum absolute atomic E-state index is 8.49. The first-order valence-electron chi connectivity index (χ1n) is 6.09. The van der Waals surface area contributed by atoms with Crippen LogP contribution in [0.1, 0.15) is 40.0 Å².